The van der Waals surface area contributed by atoms with Gasteiger partial charge in [0, 0.05) is 51.2 Å². The number of piperazine rings is 1. The highest BCUT2D eigenvalue weighted by Gasteiger charge is 2.22. The Hall–Kier alpha value is -2.60. The molecule has 0 radical (unpaired) electrons. The molecule has 0 spiro atoms. The Balaban J connectivity index is 1.47. The van der Waals surface area contributed by atoms with Gasteiger partial charge >= 0.3 is 0 Å². The molecule has 6 nitrogen and oxygen atoms in total. The molecule has 6 heteroatoms. The molecule has 0 unspecified atom stereocenters. The molecule has 2 aliphatic rings. The van der Waals surface area contributed by atoms with E-state index in [0.29, 0.717) is 6.54 Å². The van der Waals surface area contributed by atoms with E-state index in [1.54, 1.807) is 0 Å². The molecule has 3 heterocycles. The second-order valence-corrected chi connectivity index (χ2v) is 7.64. The fourth-order valence-electron chi connectivity index (χ4n) is 4.14. The first-order valence-corrected chi connectivity index (χ1v) is 10.8. The number of hydrogen-bond acceptors (Lipinski definition) is 4. The Morgan fingerprint density at radius 3 is 2.69 bits per heavy atom. The van der Waals surface area contributed by atoms with Crippen molar-refractivity contribution in [1.82, 2.24) is 15.2 Å². The third-order valence-corrected chi connectivity index (χ3v) is 5.84. The van der Waals surface area contributed by atoms with Crippen LogP contribution in [0, 0.1) is 0 Å². The summed E-state index contributed by atoms with van der Waals surface area (Å²) in [5, 5.41) is 3.47. The number of fused-ring (bicyclic) bond motifs is 1. The number of aromatic nitrogens is 1. The number of anilines is 2. The van der Waals surface area contributed by atoms with Gasteiger partial charge in [-0.15, -0.1) is 0 Å². The SMILES string of the molecule is CCNC(=NCc1ccnc(N2CCN(CC)CC2)c1)N1CCc2ccccc21. The number of pyridine rings is 1. The van der Waals surface area contributed by atoms with Crippen molar-refractivity contribution in [1.29, 1.82) is 0 Å². The zero-order valence-corrected chi connectivity index (χ0v) is 17.6. The average molecular weight is 393 g/mol. The van der Waals surface area contributed by atoms with Crippen molar-refractivity contribution in [3.63, 3.8) is 0 Å². The second-order valence-electron chi connectivity index (χ2n) is 7.64. The number of rotatable bonds is 5. The normalized spacial score (nSPS) is 17.5. The van der Waals surface area contributed by atoms with Crippen molar-refractivity contribution in [3.05, 3.63) is 53.7 Å². The van der Waals surface area contributed by atoms with Crippen molar-refractivity contribution in [2.45, 2.75) is 26.8 Å². The fourth-order valence-corrected chi connectivity index (χ4v) is 4.14. The molecule has 1 fully saturated rings. The maximum atomic E-state index is 4.95. The summed E-state index contributed by atoms with van der Waals surface area (Å²) in [6, 6.07) is 12.9. The van der Waals surface area contributed by atoms with E-state index in [-0.39, 0.29) is 0 Å². The van der Waals surface area contributed by atoms with Crippen molar-refractivity contribution in [2.75, 3.05) is 55.6 Å². The maximum Gasteiger partial charge on any atom is 0.198 e. The highest BCUT2D eigenvalue weighted by molar-refractivity contribution is 5.97. The van der Waals surface area contributed by atoms with Crippen molar-refractivity contribution in [3.8, 4) is 0 Å². The average Bonchev–Trinajstić information content (AvgIpc) is 3.21. The summed E-state index contributed by atoms with van der Waals surface area (Å²) in [5.74, 6) is 2.04. The molecule has 2 aliphatic heterocycles. The summed E-state index contributed by atoms with van der Waals surface area (Å²) in [6.45, 7) is 12.3. The molecule has 1 aromatic carbocycles. The molecular weight excluding hydrogens is 360 g/mol. The maximum absolute atomic E-state index is 4.95. The van der Waals surface area contributed by atoms with E-state index in [4.69, 9.17) is 4.99 Å². The Labute approximate surface area is 174 Å². The third kappa shape index (κ3) is 4.53. The van der Waals surface area contributed by atoms with Crippen LogP contribution < -0.4 is 15.1 Å². The van der Waals surface area contributed by atoms with Gasteiger partial charge in [-0.3, -0.25) is 0 Å². The van der Waals surface area contributed by atoms with E-state index in [0.717, 1.165) is 64.0 Å². The van der Waals surface area contributed by atoms with Crippen LogP contribution in [0.4, 0.5) is 11.5 Å². The third-order valence-electron chi connectivity index (χ3n) is 5.84. The summed E-state index contributed by atoms with van der Waals surface area (Å²) in [4.78, 5) is 16.8. The smallest absolute Gasteiger partial charge is 0.198 e. The number of nitrogens with zero attached hydrogens (tertiary/aromatic N) is 5. The lowest BCUT2D eigenvalue weighted by atomic mass is 10.2. The summed E-state index contributed by atoms with van der Waals surface area (Å²) < 4.78 is 0. The quantitative estimate of drug-likeness (QED) is 0.626. The standard InChI is InChI=1S/C23H32N6/c1-3-24-23(29-12-10-20-7-5-6-8-21(20)29)26-18-19-9-11-25-22(17-19)28-15-13-27(4-2)14-16-28/h5-9,11,17H,3-4,10,12-16,18H2,1-2H3,(H,24,26). The largest absolute Gasteiger partial charge is 0.356 e. The van der Waals surface area contributed by atoms with Crippen LogP contribution in [0.3, 0.4) is 0 Å². The number of aliphatic imine (C=N–C) groups is 1. The lowest BCUT2D eigenvalue weighted by Crippen LogP contribution is -2.46. The minimum absolute atomic E-state index is 0.658. The lowest BCUT2D eigenvalue weighted by Gasteiger charge is -2.34. The summed E-state index contributed by atoms with van der Waals surface area (Å²) in [7, 11) is 0. The van der Waals surface area contributed by atoms with E-state index >= 15 is 0 Å². The van der Waals surface area contributed by atoms with Gasteiger partial charge in [0.1, 0.15) is 5.82 Å². The van der Waals surface area contributed by atoms with Gasteiger partial charge in [0.05, 0.1) is 6.54 Å². The molecule has 2 aromatic rings. The highest BCUT2D eigenvalue weighted by Crippen LogP contribution is 2.27. The minimum Gasteiger partial charge on any atom is -0.356 e. The van der Waals surface area contributed by atoms with Crippen LogP contribution in [-0.2, 0) is 13.0 Å². The van der Waals surface area contributed by atoms with Crippen LogP contribution in [0.25, 0.3) is 0 Å². The zero-order chi connectivity index (χ0) is 20.1. The molecule has 4 rings (SSSR count). The van der Waals surface area contributed by atoms with E-state index in [9.17, 15) is 0 Å². The molecule has 0 bridgehead atoms. The molecule has 0 aliphatic carbocycles. The van der Waals surface area contributed by atoms with Crippen LogP contribution in [-0.4, -0.2) is 61.7 Å². The number of benzene rings is 1. The summed E-state index contributed by atoms with van der Waals surface area (Å²) >= 11 is 0. The molecular formula is C23H32N6. The van der Waals surface area contributed by atoms with Gasteiger partial charge in [-0.25, -0.2) is 9.98 Å². The Bertz CT molecular complexity index is 841. The molecule has 0 atom stereocenters. The fraction of sp³-hybridized carbons (Fsp3) is 0.478. The number of likely N-dealkylation sites (N-methyl/N-ethyl adjacent to an activating group) is 1. The second kappa shape index (κ2) is 9.27. The van der Waals surface area contributed by atoms with Gasteiger partial charge in [-0.05, 0) is 49.2 Å². The number of guanidine groups is 1. The molecule has 154 valence electrons. The molecule has 0 saturated carbocycles. The number of nitrogens with one attached hydrogen (secondary N) is 1. The van der Waals surface area contributed by atoms with Crippen LogP contribution in [0.5, 0.6) is 0 Å². The molecule has 1 saturated heterocycles. The van der Waals surface area contributed by atoms with Gasteiger partial charge in [0.2, 0.25) is 0 Å². The van der Waals surface area contributed by atoms with Crippen molar-refractivity contribution in [2.24, 2.45) is 4.99 Å². The van der Waals surface area contributed by atoms with Crippen LogP contribution in [0.15, 0.2) is 47.6 Å². The predicted octanol–water partition coefficient (Wildman–Crippen LogP) is 2.75. The molecule has 1 N–H and O–H groups in total. The zero-order valence-electron chi connectivity index (χ0n) is 17.6. The summed E-state index contributed by atoms with van der Waals surface area (Å²) in [5.41, 5.74) is 3.88. The van der Waals surface area contributed by atoms with Gasteiger partial charge in [-0.2, -0.15) is 0 Å². The van der Waals surface area contributed by atoms with Crippen molar-refractivity contribution < 1.29 is 0 Å². The first kappa shape index (κ1) is 19.7. The van der Waals surface area contributed by atoms with Gasteiger partial charge in [-0.1, -0.05) is 25.1 Å². The topological polar surface area (TPSA) is 47.0 Å². The number of para-hydroxylation sites is 1. The Kier molecular flexibility index (Phi) is 6.30. The monoisotopic (exact) mass is 392 g/mol. The lowest BCUT2D eigenvalue weighted by molar-refractivity contribution is 0.270. The Morgan fingerprint density at radius 2 is 1.90 bits per heavy atom. The van der Waals surface area contributed by atoms with E-state index in [1.165, 1.54) is 16.8 Å². The van der Waals surface area contributed by atoms with Gasteiger partial charge in [0.15, 0.2) is 5.96 Å². The number of hydrogen-bond donors (Lipinski definition) is 1. The first-order valence-electron chi connectivity index (χ1n) is 10.8. The van der Waals surface area contributed by atoms with Crippen LogP contribution in [0.2, 0.25) is 0 Å². The van der Waals surface area contributed by atoms with Crippen LogP contribution in [0.1, 0.15) is 25.0 Å². The molecule has 29 heavy (non-hydrogen) atoms. The Morgan fingerprint density at radius 1 is 1.07 bits per heavy atom. The van der Waals surface area contributed by atoms with Gasteiger partial charge < -0.3 is 20.0 Å². The molecule has 1 aromatic heterocycles. The van der Waals surface area contributed by atoms with E-state index in [1.807, 2.05) is 6.20 Å². The van der Waals surface area contributed by atoms with Gasteiger partial charge in [0.25, 0.3) is 0 Å². The molecule has 0 amide bonds. The minimum atomic E-state index is 0.658. The van der Waals surface area contributed by atoms with E-state index in [2.05, 4.69) is 75.2 Å². The van der Waals surface area contributed by atoms with E-state index < -0.39 is 0 Å². The first-order chi connectivity index (χ1) is 14.3. The highest BCUT2D eigenvalue weighted by atomic mass is 15.3. The van der Waals surface area contributed by atoms with Crippen LogP contribution >= 0.6 is 0 Å². The predicted molar refractivity (Wildman–Crippen MR) is 121 cm³/mol. The van der Waals surface area contributed by atoms with Crippen molar-refractivity contribution >= 4 is 17.5 Å². The summed E-state index contributed by atoms with van der Waals surface area (Å²) in [6.07, 6.45) is 2.99.